The van der Waals surface area contributed by atoms with Crippen LogP contribution >= 0.6 is 0 Å². The molecule has 1 atom stereocenters. The highest BCUT2D eigenvalue weighted by atomic mass is 32.2. The quantitative estimate of drug-likeness (QED) is 0.851. The van der Waals surface area contributed by atoms with Crippen molar-refractivity contribution < 1.29 is 8.42 Å². The SMILES string of the molecule is CC1CCCN(S(=O)(=O)c2ccc3c(c2)ncn3C)C1. The maximum atomic E-state index is 12.7. The standard InChI is InChI=1S/C14H19N3O2S/c1-11-4-3-7-17(9-11)20(18,19)12-5-6-14-13(8-12)15-10-16(14)2/h5-6,8,10-11H,3-4,7,9H2,1-2H3. The van der Waals surface area contributed by atoms with E-state index in [2.05, 4.69) is 11.9 Å². The van der Waals surface area contributed by atoms with E-state index in [1.165, 1.54) is 0 Å². The van der Waals surface area contributed by atoms with Gasteiger partial charge in [0.15, 0.2) is 0 Å². The van der Waals surface area contributed by atoms with Crippen LogP contribution < -0.4 is 0 Å². The number of benzene rings is 1. The molecule has 2 heterocycles. The number of hydrogen-bond donors (Lipinski definition) is 0. The number of hydrogen-bond acceptors (Lipinski definition) is 3. The lowest BCUT2D eigenvalue weighted by Crippen LogP contribution is -2.39. The lowest BCUT2D eigenvalue weighted by Gasteiger charge is -2.30. The summed E-state index contributed by atoms with van der Waals surface area (Å²) in [7, 11) is -1.49. The van der Waals surface area contributed by atoms with Gasteiger partial charge >= 0.3 is 0 Å². The minimum absolute atomic E-state index is 0.345. The fourth-order valence-electron chi connectivity index (χ4n) is 2.79. The predicted molar refractivity (Wildman–Crippen MR) is 77.9 cm³/mol. The zero-order valence-corrected chi connectivity index (χ0v) is 12.6. The van der Waals surface area contributed by atoms with Crippen LogP contribution in [0.5, 0.6) is 0 Å². The van der Waals surface area contributed by atoms with Gasteiger partial charge in [-0.15, -0.1) is 0 Å². The molecule has 3 rings (SSSR count). The van der Waals surface area contributed by atoms with Gasteiger partial charge in [-0.2, -0.15) is 4.31 Å². The van der Waals surface area contributed by atoms with Crippen molar-refractivity contribution >= 4 is 21.1 Å². The molecule has 1 saturated heterocycles. The zero-order valence-electron chi connectivity index (χ0n) is 11.8. The smallest absolute Gasteiger partial charge is 0.243 e. The summed E-state index contributed by atoms with van der Waals surface area (Å²) in [5, 5.41) is 0. The first-order valence-corrected chi connectivity index (χ1v) is 8.34. The molecule has 0 saturated carbocycles. The van der Waals surface area contributed by atoms with Gasteiger partial charge in [0.25, 0.3) is 0 Å². The summed E-state index contributed by atoms with van der Waals surface area (Å²) < 4.78 is 28.8. The van der Waals surface area contributed by atoms with Crippen LogP contribution in [0.25, 0.3) is 11.0 Å². The minimum Gasteiger partial charge on any atom is -0.334 e. The van der Waals surface area contributed by atoms with Gasteiger partial charge in [0.05, 0.1) is 22.3 Å². The summed E-state index contributed by atoms with van der Waals surface area (Å²) in [6.07, 6.45) is 3.74. The first kappa shape index (κ1) is 13.6. The number of nitrogens with zero attached hydrogens (tertiary/aromatic N) is 3. The molecule has 0 amide bonds. The molecule has 2 aromatic rings. The molecule has 0 N–H and O–H groups in total. The normalized spacial score (nSPS) is 21.4. The van der Waals surface area contributed by atoms with Crippen molar-refractivity contribution in [3.8, 4) is 0 Å². The highest BCUT2D eigenvalue weighted by Crippen LogP contribution is 2.25. The van der Waals surface area contributed by atoms with Crippen molar-refractivity contribution in [3.63, 3.8) is 0 Å². The Labute approximate surface area is 119 Å². The summed E-state index contributed by atoms with van der Waals surface area (Å²) in [5.74, 6) is 0.428. The van der Waals surface area contributed by atoms with E-state index in [1.54, 1.807) is 22.8 Å². The largest absolute Gasteiger partial charge is 0.334 e. The van der Waals surface area contributed by atoms with Crippen LogP contribution in [0.3, 0.4) is 0 Å². The first-order valence-electron chi connectivity index (χ1n) is 6.90. The van der Waals surface area contributed by atoms with E-state index in [0.29, 0.717) is 23.9 Å². The molecule has 0 aliphatic carbocycles. The molecular weight excluding hydrogens is 274 g/mol. The van der Waals surface area contributed by atoms with Crippen LogP contribution in [-0.4, -0.2) is 35.4 Å². The number of imidazole rings is 1. The molecule has 1 aromatic carbocycles. The van der Waals surface area contributed by atoms with E-state index in [1.807, 2.05) is 17.7 Å². The van der Waals surface area contributed by atoms with Crippen molar-refractivity contribution in [2.75, 3.05) is 13.1 Å². The molecule has 5 nitrogen and oxygen atoms in total. The monoisotopic (exact) mass is 293 g/mol. The highest BCUT2D eigenvalue weighted by Gasteiger charge is 2.28. The number of aromatic nitrogens is 2. The lowest BCUT2D eigenvalue weighted by atomic mass is 10.0. The molecule has 0 radical (unpaired) electrons. The van der Waals surface area contributed by atoms with E-state index >= 15 is 0 Å². The van der Waals surface area contributed by atoms with Crippen molar-refractivity contribution in [2.45, 2.75) is 24.7 Å². The van der Waals surface area contributed by atoms with Gasteiger partial charge in [0, 0.05) is 20.1 Å². The van der Waals surface area contributed by atoms with E-state index in [0.717, 1.165) is 23.9 Å². The third kappa shape index (κ3) is 2.23. The highest BCUT2D eigenvalue weighted by molar-refractivity contribution is 7.89. The third-order valence-electron chi connectivity index (χ3n) is 3.95. The second-order valence-electron chi connectivity index (χ2n) is 5.62. The summed E-state index contributed by atoms with van der Waals surface area (Å²) in [4.78, 5) is 4.58. The summed E-state index contributed by atoms with van der Waals surface area (Å²) in [6.45, 7) is 3.33. The van der Waals surface area contributed by atoms with Crippen molar-refractivity contribution in [2.24, 2.45) is 13.0 Å². The van der Waals surface area contributed by atoms with Gasteiger partial charge in [0.1, 0.15) is 0 Å². The maximum absolute atomic E-state index is 12.7. The molecule has 1 aliphatic rings. The van der Waals surface area contributed by atoms with E-state index < -0.39 is 10.0 Å². The van der Waals surface area contributed by atoms with E-state index in [-0.39, 0.29) is 0 Å². The number of rotatable bonds is 2. The Balaban J connectivity index is 2.00. The van der Waals surface area contributed by atoms with Gasteiger partial charge in [-0.25, -0.2) is 13.4 Å². The molecule has 6 heteroatoms. The molecule has 1 unspecified atom stereocenters. The van der Waals surface area contributed by atoms with Gasteiger partial charge in [0.2, 0.25) is 10.0 Å². The number of aryl methyl sites for hydroxylation is 1. The Bertz CT molecular complexity index is 736. The topological polar surface area (TPSA) is 55.2 Å². The number of piperidine rings is 1. The Morgan fingerprint density at radius 1 is 1.35 bits per heavy atom. The van der Waals surface area contributed by atoms with Crippen LogP contribution in [0.1, 0.15) is 19.8 Å². The molecular formula is C14H19N3O2S. The van der Waals surface area contributed by atoms with Gasteiger partial charge < -0.3 is 4.57 Å². The molecule has 20 heavy (non-hydrogen) atoms. The van der Waals surface area contributed by atoms with E-state index in [4.69, 9.17) is 0 Å². The minimum atomic E-state index is -3.39. The number of fused-ring (bicyclic) bond motifs is 1. The van der Waals surface area contributed by atoms with Crippen LogP contribution in [-0.2, 0) is 17.1 Å². The van der Waals surface area contributed by atoms with Crippen molar-refractivity contribution in [1.82, 2.24) is 13.9 Å². The Morgan fingerprint density at radius 3 is 2.90 bits per heavy atom. The molecule has 1 fully saturated rings. The second kappa shape index (κ2) is 4.86. The third-order valence-corrected chi connectivity index (χ3v) is 5.82. The molecule has 1 aliphatic heterocycles. The van der Waals surface area contributed by atoms with Crippen LogP contribution in [0.4, 0.5) is 0 Å². The lowest BCUT2D eigenvalue weighted by molar-refractivity contribution is 0.281. The number of sulfonamides is 1. The summed E-state index contributed by atoms with van der Waals surface area (Å²) in [5.41, 5.74) is 1.66. The van der Waals surface area contributed by atoms with Gasteiger partial charge in [-0.3, -0.25) is 0 Å². The maximum Gasteiger partial charge on any atom is 0.243 e. The predicted octanol–water partition coefficient (Wildman–Crippen LogP) is 1.99. The average Bonchev–Trinajstić information content (AvgIpc) is 2.80. The first-order chi connectivity index (χ1) is 9.48. The molecule has 1 aromatic heterocycles. The van der Waals surface area contributed by atoms with Crippen molar-refractivity contribution in [1.29, 1.82) is 0 Å². The van der Waals surface area contributed by atoms with Gasteiger partial charge in [-0.05, 0) is 37.0 Å². The van der Waals surface area contributed by atoms with Crippen molar-refractivity contribution in [3.05, 3.63) is 24.5 Å². The van der Waals surface area contributed by atoms with Crippen LogP contribution in [0, 0.1) is 5.92 Å². The molecule has 108 valence electrons. The Hall–Kier alpha value is -1.40. The molecule has 0 bridgehead atoms. The van der Waals surface area contributed by atoms with Crippen LogP contribution in [0.15, 0.2) is 29.4 Å². The Morgan fingerprint density at radius 2 is 2.15 bits per heavy atom. The van der Waals surface area contributed by atoms with Crippen LogP contribution in [0.2, 0.25) is 0 Å². The Kier molecular flexibility index (Phi) is 3.30. The summed E-state index contributed by atoms with van der Waals surface area (Å²) in [6, 6.07) is 5.17. The molecule has 0 spiro atoms. The average molecular weight is 293 g/mol. The fourth-order valence-corrected chi connectivity index (χ4v) is 4.41. The fraction of sp³-hybridized carbons (Fsp3) is 0.500. The summed E-state index contributed by atoms with van der Waals surface area (Å²) >= 11 is 0. The second-order valence-corrected chi connectivity index (χ2v) is 7.55. The van der Waals surface area contributed by atoms with Gasteiger partial charge in [-0.1, -0.05) is 6.92 Å². The zero-order chi connectivity index (χ0) is 14.3. The van der Waals surface area contributed by atoms with E-state index in [9.17, 15) is 8.42 Å².